The summed E-state index contributed by atoms with van der Waals surface area (Å²) >= 11 is 6.18. The summed E-state index contributed by atoms with van der Waals surface area (Å²) in [6.45, 7) is -2.64. The molecular weight excluding hydrogens is 577 g/mol. The van der Waals surface area contributed by atoms with Crippen LogP contribution >= 0.6 is 19.2 Å². The van der Waals surface area contributed by atoms with Crippen molar-refractivity contribution in [3.8, 4) is 0 Å². The Labute approximate surface area is 232 Å². The van der Waals surface area contributed by atoms with Crippen LogP contribution in [0.5, 0.6) is 0 Å². The number of hydrazine groups is 2. The van der Waals surface area contributed by atoms with Crippen LogP contribution in [0.3, 0.4) is 0 Å². The topological polar surface area (TPSA) is 241 Å². The summed E-state index contributed by atoms with van der Waals surface area (Å²) in [5.74, 6) is 0.488. The molecule has 5 rings (SSSR count). The van der Waals surface area contributed by atoms with E-state index in [-0.39, 0.29) is 23.7 Å². The second-order valence-corrected chi connectivity index (χ2v) is 12.0. The lowest BCUT2D eigenvalue weighted by atomic mass is 10.1. The van der Waals surface area contributed by atoms with Crippen molar-refractivity contribution in [2.24, 2.45) is 5.10 Å². The van der Waals surface area contributed by atoms with E-state index in [1.165, 1.54) is 22.2 Å². The van der Waals surface area contributed by atoms with Crippen LogP contribution in [0.4, 0.5) is 5.82 Å². The van der Waals surface area contributed by atoms with E-state index in [1.54, 1.807) is 0 Å². The molecule has 1 saturated heterocycles. The standard InChI is InChI=1S/C20H31ClN9O9P/c21-19-25-16(24-11-3-1-2-4-11)12-5-23-30(17(12)26-19)18-15(33)14(32)13(39-18)6-38-20(7-31,40(34,35)36)8-37-10-29-9-22-27-28-29/h5,9,11,13-15,18,27-28,31-33H,1-4,6-8,10H2,(H,24,25,26)(H2,34,35,36)/t13-,14-,15-,18-,20+/m1/s1. The van der Waals surface area contributed by atoms with Crippen LogP contribution in [0.2, 0.25) is 5.28 Å². The highest BCUT2D eigenvalue weighted by Crippen LogP contribution is 2.51. The molecule has 4 heterocycles. The van der Waals surface area contributed by atoms with Gasteiger partial charge in [0.15, 0.2) is 11.9 Å². The molecule has 0 radical (unpaired) electrons. The largest absolute Gasteiger partial charge is 0.393 e. The first kappa shape index (κ1) is 29.3. The van der Waals surface area contributed by atoms with Crippen LogP contribution in [0.15, 0.2) is 11.3 Å². The molecule has 1 saturated carbocycles. The number of halogens is 1. The van der Waals surface area contributed by atoms with Gasteiger partial charge in [-0.05, 0) is 24.4 Å². The molecular formula is C20H31ClN9O9P. The fourth-order valence-corrected chi connectivity index (χ4v) is 5.60. The van der Waals surface area contributed by atoms with Crippen LogP contribution in [-0.4, -0.2) is 112 Å². The molecule has 3 aliphatic rings. The molecule has 2 aliphatic heterocycles. The van der Waals surface area contributed by atoms with Crippen LogP contribution < -0.4 is 16.4 Å². The first-order chi connectivity index (χ1) is 19.1. The van der Waals surface area contributed by atoms with E-state index < -0.39 is 57.3 Å². The number of anilines is 1. The lowest BCUT2D eigenvalue weighted by Crippen LogP contribution is -2.46. The summed E-state index contributed by atoms with van der Waals surface area (Å²) in [7, 11) is -5.12. The number of hydrogen-bond donors (Lipinski definition) is 8. The molecule has 20 heteroatoms. The monoisotopic (exact) mass is 607 g/mol. The summed E-state index contributed by atoms with van der Waals surface area (Å²) in [6, 6.07) is 0.232. The maximum Gasteiger partial charge on any atom is 0.361 e. The average molecular weight is 608 g/mol. The van der Waals surface area contributed by atoms with Crippen LogP contribution in [0, 0.1) is 0 Å². The zero-order valence-electron chi connectivity index (χ0n) is 21.1. The van der Waals surface area contributed by atoms with Crippen molar-refractivity contribution >= 4 is 42.4 Å². The van der Waals surface area contributed by atoms with E-state index >= 15 is 0 Å². The molecule has 0 bridgehead atoms. The summed E-state index contributed by atoms with van der Waals surface area (Å²) in [6.07, 6.45) is 1.46. The number of rotatable bonds is 12. The molecule has 18 nitrogen and oxygen atoms in total. The molecule has 0 aromatic carbocycles. The van der Waals surface area contributed by atoms with Crippen LogP contribution in [-0.2, 0) is 18.8 Å². The number of hydrazone groups is 1. The average Bonchev–Trinajstić information content (AvgIpc) is 3.71. The van der Waals surface area contributed by atoms with E-state index in [4.69, 9.17) is 25.8 Å². The van der Waals surface area contributed by atoms with Crippen molar-refractivity contribution in [1.82, 2.24) is 35.8 Å². The van der Waals surface area contributed by atoms with Gasteiger partial charge in [-0.3, -0.25) is 9.57 Å². The van der Waals surface area contributed by atoms with Crippen molar-refractivity contribution in [3.05, 3.63) is 11.5 Å². The number of nitrogens with zero attached hydrogens (tertiary/aromatic N) is 6. The normalized spacial score (nSPS) is 27.0. The molecule has 222 valence electrons. The number of ether oxygens (including phenoxy) is 3. The Morgan fingerprint density at radius 1 is 1.25 bits per heavy atom. The molecule has 1 aliphatic carbocycles. The number of aliphatic hydroxyl groups is 3. The summed E-state index contributed by atoms with van der Waals surface area (Å²) in [5.41, 5.74) is 5.24. The van der Waals surface area contributed by atoms with Gasteiger partial charge in [0.25, 0.3) is 0 Å². The van der Waals surface area contributed by atoms with Gasteiger partial charge in [-0.1, -0.05) is 12.8 Å². The van der Waals surface area contributed by atoms with Crippen molar-refractivity contribution in [3.63, 3.8) is 0 Å². The van der Waals surface area contributed by atoms with Gasteiger partial charge in [0.2, 0.25) is 10.6 Å². The molecule has 2 fully saturated rings. The molecule has 2 aromatic rings. The smallest absolute Gasteiger partial charge is 0.361 e. The van der Waals surface area contributed by atoms with E-state index in [2.05, 4.69) is 36.6 Å². The second kappa shape index (κ2) is 11.9. The van der Waals surface area contributed by atoms with Gasteiger partial charge in [0.1, 0.15) is 37.2 Å². The number of nitrogens with one attached hydrogen (secondary N) is 3. The first-order valence-electron chi connectivity index (χ1n) is 12.5. The third-order valence-corrected chi connectivity index (χ3v) is 8.64. The predicted octanol–water partition coefficient (Wildman–Crippen LogP) is -1.42. The van der Waals surface area contributed by atoms with E-state index in [1.807, 2.05) is 0 Å². The highest BCUT2D eigenvalue weighted by Gasteiger charge is 2.51. The van der Waals surface area contributed by atoms with Crippen molar-refractivity contribution in [2.45, 2.75) is 61.6 Å². The molecule has 0 amide bonds. The predicted molar refractivity (Wildman–Crippen MR) is 137 cm³/mol. The minimum atomic E-state index is -5.12. The van der Waals surface area contributed by atoms with Crippen molar-refractivity contribution < 1.29 is 43.9 Å². The Bertz CT molecular complexity index is 1260. The molecule has 40 heavy (non-hydrogen) atoms. The molecule has 8 N–H and O–H groups in total. The lowest BCUT2D eigenvalue weighted by Gasteiger charge is -2.33. The fraction of sp³-hybridized carbons (Fsp3) is 0.700. The van der Waals surface area contributed by atoms with Crippen molar-refractivity contribution in [1.29, 1.82) is 0 Å². The summed E-state index contributed by atoms with van der Waals surface area (Å²) in [5, 5.41) is 42.0. The van der Waals surface area contributed by atoms with Crippen molar-refractivity contribution in [2.75, 3.05) is 31.9 Å². The third kappa shape index (κ3) is 5.88. The van der Waals surface area contributed by atoms with E-state index in [9.17, 15) is 29.7 Å². The Kier molecular flexibility index (Phi) is 8.74. The molecule has 2 aromatic heterocycles. The summed E-state index contributed by atoms with van der Waals surface area (Å²) < 4.78 is 30.2. The van der Waals surface area contributed by atoms with Crippen LogP contribution in [0.25, 0.3) is 11.0 Å². The highest BCUT2D eigenvalue weighted by molar-refractivity contribution is 7.53. The Balaban J connectivity index is 1.30. The SMILES string of the molecule is O=P(O)(O)[C@@](CO)(COCN1C=NNN1)OC[C@H]1O[C@@H](n2ncc3c(NC4CCCC4)nc(Cl)nc32)[C@H](O)[C@@H]1O. The Hall–Kier alpha value is -2.22. The minimum absolute atomic E-state index is 0.0526. The highest BCUT2D eigenvalue weighted by atomic mass is 35.5. The minimum Gasteiger partial charge on any atom is -0.393 e. The van der Waals surface area contributed by atoms with Gasteiger partial charge in [-0.25, -0.2) is 10.2 Å². The zero-order chi connectivity index (χ0) is 28.5. The van der Waals surface area contributed by atoms with Gasteiger partial charge in [-0.2, -0.15) is 20.2 Å². The van der Waals surface area contributed by atoms with E-state index in [0.29, 0.717) is 11.2 Å². The zero-order valence-corrected chi connectivity index (χ0v) is 22.7. The third-order valence-electron chi connectivity index (χ3n) is 7.01. The first-order valence-corrected chi connectivity index (χ1v) is 14.5. The summed E-state index contributed by atoms with van der Waals surface area (Å²) in [4.78, 5) is 28.4. The number of hydrogen-bond acceptors (Lipinski definition) is 15. The Morgan fingerprint density at radius 2 is 2.02 bits per heavy atom. The Morgan fingerprint density at radius 3 is 2.70 bits per heavy atom. The molecule has 0 unspecified atom stereocenters. The van der Waals surface area contributed by atoms with Gasteiger partial charge in [0, 0.05) is 6.04 Å². The number of aromatic nitrogens is 4. The quantitative estimate of drug-likeness (QED) is 0.102. The lowest BCUT2D eigenvalue weighted by molar-refractivity contribution is -0.135. The molecule has 0 spiro atoms. The van der Waals surface area contributed by atoms with Crippen LogP contribution in [0.1, 0.15) is 31.9 Å². The number of fused-ring (bicyclic) bond motifs is 1. The van der Waals surface area contributed by atoms with Gasteiger partial charge in [0.05, 0.1) is 31.4 Å². The fourth-order valence-electron chi connectivity index (χ4n) is 4.75. The molecule has 5 atom stereocenters. The maximum absolute atomic E-state index is 12.3. The van der Waals surface area contributed by atoms with Gasteiger partial charge >= 0.3 is 7.60 Å². The maximum atomic E-state index is 12.3. The van der Waals surface area contributed by atoms with Gasteiger partial charge < -0.3 is 44.6 Å². The van der Waals surface area contributed by atoms with E-state index in [0.717, 1.165) is 25.7 Å². The second-order valence-electron chi connectivity index (χ2n) is 9.71. The number of aliphatic hydroxyl groups excluding tert-OH is 3. The van der Waals surface area contributed by atoms with Gasteiger partial charge in [-0.15, -0.1) is 5.53 Å².